The number of thiazole rings is 1. The Morgan fingerprint density at radius 1 is 0.934 bits per heavy atom. The van der Waals surface area contributed by atoms with Crippen molar-refractivity contribution < 1.29 is 23.9 Å². The van der Waals surface area contributed by atoms with E-state index in [1.165, 1.54) is 22.3 Å². The van der Waals surface area contributed by atoms with Crippen molar-refractivity contribution in [2.75, 3.05) is 99.6 Å². The number of rotatable bonds is 21. The molecule has 1 aliphatic rings. The number of anilines is 5. The van der Waals surface area contributed by atoms with Gasteiger partial charge in [0.05, 0.1) is 55.6 Å². The molecule has 2 aromatic carbocycles. The van der Waals surface area contributed by atoms with Crippen molar-refractivity contribution in [1.29, 1.82) is 0 Å². The maximum atomic E-state index is 12.9. The zero-order valence-corrected chi connectivity index (χ0v) is 35.4. The first-order chi connectivity index (χ1) is 29.6. The van der Waals surface area contributed by atoms with Crippen LogP contribution in [0.3, 0.4) is 0 Å². The Balaban J connectivity index is 0.818. The Kier molecular flexibility index (Phi) is 16.3. The van der Waals surface area contributed by atoms with Gasteiger partial charge < -0.3 is 41.0 Å². The van der Waals surface area contributed by atoms with Crippen LogP contribution in [0.1, 0.15) is 38.1 Å². The van der Waals surface area contributed by atoms with Gasteiger partial charge in [0.15, 0.2) is 5.13 Å². The van der Waals surface area contributed by atoms with Crippen molar-refractivity contribution >= 4 is 68.8 Å². The first-order valence-electron chi connectivity index (χ1n) is 19.6. The number of carbonyl (C=O) groups is 3. The van der Waals surface area contributed by atoms with Crippen molar-refractivity contribution in [3.8, 4) is 18.0 Å². The van der Waals surface area contributed by atoms with Gasteiger partial charge in [-0.25, -0.2) is 15.0 Å². The molecule has 21 heteroatoms. The van der Waals surface area contributed by atoms with Gasteiger partial charge >= 0.3 is 0 Å². The number of nitrogens with one attached hydrogen (secondary N) is 5. The molecule has 1 fully saturated rings. The van der Waals surface area contributed by atoms with Gasteiger partial charge in [-0.05, 0) is 55.0 Å². The zero-order valence-electron chi connectivity index (χ0n) is 33.8. The molecule has 5 N–H and O–H groups in total. The standard InChI is InChI=1S/C40H47ClN14O5S/c1-4-5-13-42-35(56)26-44-29-9-11-30(12-10-29)55-51-37(50-52-55)39(58)43-14-20-59-22-23-60-21-19-53-15-17-54(18-16-53)34-24-33(46-28(3)47-34)48-40-45-25-32(61-40)38(57)49-36-27(2)7-6-8-31(36)41/h1,6-12,24-25,44H,5,13-23,26H2,2-3H3,(H,42,56)(H,43,58)(H,49,57)(H,45,46,47,48). The first-order valence-corrected chi connectivity index (χ1v) is 20.7. The maximum Gasteiger partial charge on any atom is 0.292 e. The first kappa shape index (κ1) is 44.3. The van der Waals surface area contributed by atoms with E-state index in [2.05, 4.69) is 72.7 Å². The van der Waals surface area contributed by atoms with Gasteiger partial charge in [0.1, 0.15) is 22.3 Å². The molecular formula is C40H47ClN14O5S. The number of aryl methyl sites for hydroxylation is 2. The van der Waals surface area contributed by atoms with Gasteiger partial charge in [-0.2, -0.15) is 0 Å². The number of carbonyl (C=O) groups excluding carboxylic acids is 3. The molecule has 0 aliphatic carbocycles. The van der Waals surface area contributed by atoms with Crippen LogP contribution >= 0.6 is 22.9 Å². The summed E-state index contributed by atoms with van der Waals surface area (Å²) in [5.41, 5.74) is 2.78. The molecular weight excluding hydrogens is 824 g/mol. The average Bonchev–Trinajstić information content (AvgIpc) is 3.95. The summed E-state index contributed by atoms with van der Waals surface area (Å²) < 4.78 is 11.4. The van der Waals surface area contributed by atoms with Gasteiger partial charge in [-0.1, -0.05) is 35.1 Å². The molecule has 0 radical (unpaired) electrons. The molecule has 61 heavy (non-hydrogen) atoms. The number of terminal acetylenes is 1. The molecule has 3 aromatic heterocycles. The lowest BCUT2D eigenvalue weighted by atomic mass is 10.2. The number of piperazine rings is 1. The van der Waals surface area contributed by atoms with Crippen LogP contribution in [0.2, 0.25) is 5.02 Å². The average molecular weight is 871 g/mol. The lowest BCUT2D eigenvalue weighted by molar-refractivity contribution is -0.119. The van der Waals surface area contributed by atoms with E-state index in [0.717, 1.165) is 49.8 Å². The van der Waals surface area contributed by atoms with E-state index < -0.39 is 5.91 Å². The molecule has 0 unspecified atom stereocenters. The molecule has 0 saturated carbocycles. The third-order valence-electron chi connectivity index (χ3n) is 9.16. The largest absolute Gasteiger partial charge is 0.378 e. The molecule has 6 rings (SSSR count). The normalized spacial score (nSPS) is 12.7. The Hall–Kier alpha value is -6.24. The van der Waals surface area contributed by atoms with Crippen LogP contribution in [0.15, 0.2) is 54.7 Å². The van der Waals surface area contributed by atoms with Crippen LogP contribution in [-0.4, -0.2) is 137 Å². The van der Waals surface area contributed by atoms with Crippen LogP contribution in [0.25, 0.3) is 5.69 Å². The Morgan fingerprint density at radius 2 is 1.72 bits per heavy atom. The minimum Gasteiger partial charge on any atom is -0.378 e. The highest BCUT2D eigenvalue weighted by Gasteiger charge is 2.20. The summed E-state index contributed by atoms with van der Waals surface area (Å²) in [6.07, 6.45) is 7.19. The molecule has 19 nitrogen and oxygen atoms in total. The summed E-state index contributed by atoms with van der Waals surface area (Å²) in [4.78, 5) is 57.1. The molecule has 3 amide bonds. The molecule has 1 aliphatic heterocycles. The van der Waals surface area contributed by atoms with E-state index in [1.54, 1.807) is 30.3 Å². The van der Waals surface area contributed by atoms with Gasteiger partial charge in [-0.3, -0.25) is 19.3 Å². The minimum absolute atomic E-state index is 0.0701. The second kappa shape index (κ2) is 22.4. The lowest BCUT2D eigenvalue weighted by Gasteiger charge is -2.35. The number of amides is 3. The second-order valence-corrected chi connectivity index (χ2v) is 15.1. The van der Waals surface area contributed by atoms with Crippen molar-refractivity contribution in [3.05, 3.63) is 81.8 Å². The minimum atomic E-state index is -0.467. The molecule has 0 bridgehead atoms. The summed E-state index contributed by atoms with van der Waals surface area (Å²) in [7, 11) is 0. The van der Waals surface area contributed by atoms with E-state index in [9.17, 15) is 14.4 Å². The van der Waals surface area contributed by atoms with Crippen molar-refractivity contribution in [3.63, 3.8) is 0 Å². The van der Waals surface area contributed by atoms with Crippen LogP contribution in [0.5, 0.6) is 0 Å². The Morgan fingerprint density at radius 3 is 2.49 bits per heavy atom. The third kappa shape index (κ3) is 13.4. The SMILES string of the molecule is C#CCCNC(=O)CNc1ccc(-n2nnc(C(=O)NCCOCCOCCN3CCN(c4cc(Nc5ncc(C(=O)Nc6c(C)cccc6Cl)s5)nc(C)n4)CC3)n2)cc1. The van der Waals surface area contributed by atoms with Crippen molar-refractivity contribution in [2.24, 2.45) is 0 Å². The molecule has 0 atom stereocenters. The monoisotopic (exact) mass is 870 g/mol. The topological polar surface area (TPSA) is 219 Å². The second-order valence-electron chi connectivity index (χ2n) is 13.6. The summed E-state index contributed by atoms with van der Waals surface area (Å²) in [5, 5.41) is 27.6. The van der Waals surface area contributed by atoms with Crippen LogP contribution in [0.4, 0.5) is 28.1 Å². The number of hydrogen-bond donors (Lipinski definition) is 5. The van der Waals surface area contributed by atoms with E-state index in [1.807, 2.05) is 32.0 Å². The van der Waals surface area contributed by atoms with Gasteiger partial charge in [0, 0.05) is 64.0 Å². The molecule has 0 spiro atoms. The summed E-state index contributed by atoms with van der Waals surface area (Å²) >= 11 is 7.51. The number of hydrogen-bond acceptors (Lipinski definition) is 16. The summed E-state index contributed by atoms with van der Waals surface area (Å²) in [6, 6.07) is 14.4. The smallest absolute Gasteiger partial charge is 0.292 e. The van der Waals surface area contributed by atoms with Crippen LogP contribution < -0.4 is 31.5 Å². The predicted molar refractivity (Wildman–Crippen MR) is 233 cm³/mol. The van der Waals surface area contributed by atoms with Gasteiger partial charge in [-0.15, -0.1) is 27.3 Å². The summed E-state index contributed by atoms with van der Waals surface area (Å²) in [5.74, 6) is 3.52. The fourth-order valence-electron chi connectivity index (χ4n) is 5.97. The van der Waals surface area contributed by atoms with Crippen LogP contribution in [0, 0.1) is 26.2 Å². The van der Waals surface area contributed by atoms with E-state index in [4.69, 9.17) is 27.5 Å². The Labute approximate surface area is 362 Å². The Bertz CT molecular complexity index is 2270. The fourth-order valence-corrected chi connectivity index (χ4v) is 6.96. The van der Waals surface area contributed by atoms with Gasteiger partial charge in [0.2, 0.25) is 5.91 Å². The van der Waals surface area contributed by atoms with E-state index in [-0.39, 0.29) is 30.7 Å². The molecule has 4 heterocycles. The molecule has 1 saturated heterocycles. The van der Waals surface area contributed by atoms with E-state index >= 15 is 0 Å². The summed E-state index contributed by atoms with van der Waals surface area (Å²) in [6.45, 7) is 10.3. The number of halogens is 1. The number of aromatic nitrogens is 7. The number of para-hydroxylation sites is 1. The maximum absolute atomic E-state index is 12.9. The quantitative estimate of drug-likeness (QED) is 0.0528. The van der Waals surface area contributed by atoms with Gasteiger partial charge in [0.25, 0.3) is 17.6 Å². The highest BCUT2D eigenvalue weighted by atomic mass is 35.5. The van der Waals surface area contributed by atoms with Crippen LogP contribution in [-0.2, 0) is 14.3 Å². The number of nitrogens with zero attached hydrogens (tertiary/aromatic N) is 9. The predicted octanol–water partition coefficient (Wildman–Crippen LogP) is 3.31. The lowest BCUT2D eigenvalue weighted by Crippen LogP contribution is -2.47. The highest BCUT2D eigenvalue weighted by Crippen LogP contribution is 2.28. The molecule has 320 valence electrons. The number of tetrazole rings is 1. The van der Waals surface area contributed by atoms with Crippen molar-refractivity contribution in [1.82, 2.24) is 50.7 Å². The third-order valence-corrected chi connectivity index (χ3v) is 10.4. The number of ether oxygens (including phenoxy) is 2. The van der Waals surface area contributed by atoms with E-state index in [0.29, 0.717) is 77.4 Å². The number of benzene rings is 2. The zero-order chi connectivity index (χ0) is 43.0. The fraction of sp³-hybridized carbons (Fsp3) is 0.375. The van der Waals surface area contributed by atoms with Crippen molar-refractivity contribution in [2.45, 2.75) is 20.3 Å². The molecule has 5 aromatic rings. The highest BCUT2D eigenvalue weighted by molar-refractivity contribution is 7.17.